The second-order valence-electron chi connectivity index (χ2n) is 12.7. The summed E-state index contributed by atoms with van der Waals surface area (Å²) in [6.45, 7) is 12.6. The summed E-state index contributed by atoms with van der Waals surface area (Å²) < 4.78 is 21.9. The third-order valence-corrected chi connectivity index (χ3v) is 9.35. The molecule has 6 rings (SSSR count). The summed E-state index contributed by atoms with van der Waals surface area (Å²) >= 11 is 0. The molecule has 0 saturated carbocycles. The van der Waals surface area contributed by atoms with Gasteiger partial charge in [0.15, 0.2) is 0 Å². The molecule has 6 heterocycles. The van der Waals surface area contributed by atoms with Gasteiger partial charge in [0.05, 0.1) is 79.5 Å². The predicted octanol–water partition coefficient (Wildman–Crippen LogP) is -1.23. The molecule has 0 radical (unpaired) electrons. The second kappa shape index (κ2) is 16.5. The van der Waals surface area contributed by atoms with E-state index in [0.717, 1.165) is 0 Å². The van der Waals surface area contributed by atoms with Crippen LogP contribution >= 0.6 is 0 Å². The van der Waals surface area contributed by atoms with E-state index in [1.165, 1.54) is 9.80 Å². The van der Waals surface area contributed by atoms with Gasteiger partial charge in [-0.1, -0.05) is 0 Å². The first kappa shape index (κ1) is 34.0. The van der Waals surface area contributed by atoms with Gasteiger partial charge in [-0.05, 0) is 6.42 Å². The first-order valence-corrected chi connectivity index (χ1v) is 16.9. The van der Waals surface area contributed by atoms with E-state index < -0.39 is 0 Å². The average molecular weight is 667 g/mol. The number of amides is 8. The average Bonchev–Trinajstić information content (AvgIpc) is 3.10. The first-order valence-electron chi connectivity index (χ1n) is 16.9. The molecule has 0 bridgehead atoms. The Morgan fingerprint density at radius 3 is 0.851 bits per heavy atom. The van der Waals surface area contributed by atoms with Crippen LogP contribution in [0.15, 0.2) is 0 Å². The van der Waals surface area contributed by atoms with Gasteiger partial charge in [0.25, 0.3) is 0 Å². The maximum Gasteiger partial charge on any atom is 0.330 e. The highest BCUT2D eigenvalue weighted by Gasteiger charge is 2.41. The molecule has 6 aliphatic heterocycles. The van der Waals surface area contributed by atoms with Crippen molar-refractivity contribution < 1.29 is 38.1 Å². The Bertz CT molecular complexity index is 923. The Kier molecular flexibility index (Phi) is 12.0. The van der Waals surface area contributed by atoms with Crippen LogP contribution in [0.4, 0.5) is 19.2 Å². The maximum atomic E-state index is 13.7. The van der Waals surface area contributed by atoms with Gasteiger partial charge in [0.1, 0.15) is 13.3 Å². The topological polar surface area (TPSA) is 138 Å². The van der Waals surface area contributed by atoms with Crippen molar-refractivity contribution in [1.29, 1.82) is 0 Å². The number of hydrogen-bond acceptors (Lipinski definition) is 12. The van der Waals surface area contributed by atoms with Gasteiger partial charge in [0.2, 0.25) is 0 Å². The zero-order valence-corrected chi connectivity index (χ0v) is 27.4. The van der Waals surface area contributed by atoms with Crippen LogP contribution < -0.4 is 0 Å². The summed E-state index contributed by atoms with van der Waals surface area (Å²) in [5.74, 6) is 0. The van der Waals surface area contributed by atoms with E-state index in [-0.39, 0.29) is 57.0 Å². The maximum absolute atomic E-state index is 13.7. The number of imide groups is 2. The minimum Gasteiger partial charge on any atom is -0.379 e. The van der Waals surface area contributed by atoms with E-state index in [1.807, 2.05) is 0 Å². The molecule has 0 spiro atoms. The van der Waals surface area contributed by atoms with Crippen molar-refractivity contribution in [3.8, 4) is 0 Å². The molecule has 6 saturated heterocycles. The number of ether oxygens (including phenoxy) is 4. The van der Waals surface area contributed by atoms with Crippen LogP contribution in [0, 0.1) is 0 Å². The summed E-state index contributed by atoms with van der Waals surface area (Å²) in [6.07, 6.45) is 0.266. The van der Waals surface area contributed by atoms with Crippen LogP contribution in [0.2, 0.25) is 0 Å². The lowest BCUT2D eigenvalue weighted by molar-refractivity contribution is -0.0234. The molecule has 0 aromatic heterocycles. The SMILES string of the molecule is O=C1N(CN2CCOCC2)CN(CN2CCOCC2)C(=O)N1CCCN1C(=O)N(CN2CCOCC2)CN(CN2CCOCC2)C1=O. The van der Waals surface area contributed by atoms with E-state index in [9.17, 15) is 19.2 Å². The fraction of sp³-hybridized carbons (Fsp3) is 0.862. The number of urea groups is 4. The van der Waals surface area contributed by atoms with Crippen molar-refractivity contribution >= 4 is 24.1 Å². The second-order valence-corrected chi connectivity index (χ2v) is 12.7. The molecule has 6 fully saturated rings. The largest absolute Gasteiger partial charge is 0.379 e. The number of nitrogens with zero attached hydrogens (tertiary/aromatic N) is 10. The highest BCUT2D eigenvalue weighted by atomic mass is 16.5. The monoisotopic (exact) mass is 666 g/mol. The normalized spacial score (nSPS) is 25.4. The van der Waals surface area contributed by atoms with Gasteiger partial charge >= 0.3 is 24.1 Å². The fourth-order valence-electron chi connectivity index (χ4n) is 6.63. The molecule has 0 unspecified atom stereocenters. The number of hydrogen-bond donors (Lipinski definition) is 0. The lowest BCUT2D eigenvalue weighted by atomic mass is 10.3. The van der Waals surface area contributed by atoms with Crippen molar-refractivity contribution in [2.75, 3.05) is 158 Å². The van der Waals surface area contributed by atoms with Gasteiger partial charge in [-0.3, -0.25) is 39.2 Å². The molecule has 0 aromatic carbocycles. The molecular formula is C29H50N10O8. The van der Waals surface area contributed by atoms with Crippen molar-refractivity contribution in [2.45, 2.75) is 6.42 Å². The molecular weight excluding hydrogens is 616 g/mol. The Morgan fingerprint density at radius 1 is 0.383 bits per heavy atom. The number of rotatable bonds is 12. The third kappa shape index (κ3) is 8.80. The molecule has 0 aliphatic carbocycles. The highest BCUT2D eigenvalue weighted by Crippen LogP contribution is 2.19. The summed E-state index contributed by atoms with van der Waals surface area (Å²) in [7, 11) is 0. The highest BCUT2D eigenvalue weighted by molar-refractivity contribution is 5.96. The van der Waals surface area contributed by atoms with Gasteiger partial charge in [0, 0.05) is 65.4 Å². The first-order chi connectivity index (χ1) is 23.0. The van der Waals surface area contributed by atoms with Gasteiger partial charge in [-0.15, -0.1) is 0 Å². The Balaban J connectivity index is 1.12. The molecule has 47 heavy (non-hydrogen) atoms. The van der Waals surface area contributed by atoms with E-state index in [0.29, 0.717) is 132 Å². The van der Waals surface area contributed by atoms with E-state index >= 15 is 0 Å². The molecule has 6 aliphatic rings. The third-order valence-electron chi connectivity index (χ3n) is 9.35. The molecule has 264 valence electrons. The Labute approximate surface area is 276 Å². The van der Waals surface area contributed by atoms with Crippen molar-refractivity contribution in [3.05, 3.63) is 0 Å². The van der Waals surface area contributed by atoms with Crippen LogP contribution in [-0.4, -0.2) is 231 Å². The lowest BCUT2D eigenvalue weighted by Gasteiger charge is -2.45. The quantitative estimate of drug-likeness (QED) is 0.247. The summed E-state index contributed by atoms with van der Waals surface area (Å²) in [5, 5.41) is 0. The standard InChI is InChI=1S/C29H50N10O8/c40-26-34(20-30-4-12-44-13-5-30)24-35(21-31-6-14-45-15-7-31)27(41)38(26)2-1-3-39-28(42)36(22-32-8-16-46-17-9-32)25-37(29(39)43)23-33-10-18-47-19-11-33/h1-25H2. The molecule has 0 aromatic rings. The molecule has 8 amide bonds. The van der Waals surface area contributed by atoms with E-state index in [1.54, 1.807) is 19.6 Å². The molecule has 0 N–H and O–H groups in total. The molecule has 18 nitrogen and oxygen atoms in total. The van der Waals surface area contributed by atoms with Crippen LogP contribution in [0.1, 0.15) is 6.42 Å². The predicted molar refractivity (Wildman–Crippen MR) is 166 cm³/mol. The van der Waals surface area contributed by atoms with Crippen LogP contribution in [-0.2, 0) is 18.9 Å². The number of carbonyl (C=O) groups excluding carboxylic acids is 4. The fourth-order valence-corrected chi connectivity index (χ4v) is 6.63. The molecule has 18 heteroatoms. The van der Waals surface area contributed by atoms with Crippen LogP contribution in [0.25, 0.3) is 0 Å². The smallest absolute Gasteiger partial charge is 0.330 e. The minimum atomic E-state index is -0.362. The van der Waals surface area contributed by atoms with Crippen molar-refractivity contribution in [1.82, 2.24) is 49.0 Å². The van der Waals surface area contributed by atoms with E-state index in [2.05, 4.69) is 19.6 Å². The Morgan fingerprint density at radius 2 is 0.617 bits per heavy atom. The molecule has 0 atom stereocenters. The number of carbonyl (C=O) groups is 4. The van der Waals surface area contributed by atoms with E-state index in [4.69, 9.17) is 18.9 Å². The van der Waals surface area contributed by atoms with Crippen molar-refractivity contribution in [3.63, 3.8) is 0 Å². The van der Waals surface area contributed by atoms with Gasteiger partial charge < -0.3 is 18.9 Å². The Hall–Kier alpha value is -2.84. The van der Waals surface area contributed by atoms with Crippen LogP contribution in [0.5, 0.6) is 0 Å². The minimum absolute atomic E-state index is 0.0842. The zero-order valence-electron chi connectivity index (χ0n) is 27.4. The van der Waals surface area contributed by atoms with Gasteiger partial charge in [-0.25, -0.2) is 29.0 Å². The van der Waals surface area contributed by atoms with Gasteiger partial charge in [-0.2, -0.15) is 0 Å². The summed E-state index contributed by atoms with van der Waals surface area (Å²) in [6, 6.07) is -1.45. The zero-order chi connectivity index (χ0) is 32.6. The van der Waals surface area contributed by atoms with Crippen molar-refractivity contribution in [2.24, 2.45) is 0 Å². The lowest BCUT2D eigenvalue weighted by Crippen LogP contribution is -2.66. The number of morpholine rings is 4. The summed E-state index contributed by atoms with van der Waals surface area (Å²) in [4.78, 5) is 72.8. The summed E-state index contributed by atoms with van der Waals surface area (Å²) in [5.41, 5.74) is 0. The van der Waals surface area contributed by atoms with Crippen LogP contribution in [0.3, 0.4) is 0 Å².